The van der Waals surface area contributed by atoms with Crippen LogP contribution in [0.5, 0.6) is 0 Å². The highest BCUT2D eigenvalue weighted by atomic mass is 32.2. The molecule has 0 fully saturated rings. The van der Waals surface area contributed by atoms with Crippen molar-refractivity contribution in [3.63, 3.8) is 0 Å². The maximum atomic E-state index is 12.4. The first-order valence-corrected chi connectivity index (χ1v) is 11.5. The summed E-state index contributed by atoms with van der Waals surface area (Å²) >= 11 is 0. The minimum Gasteiger partial charge on any atom is -0.326 e. The van der Waals surface area contributed by atoms with Gasteiger partial charge in [0.2, 0.25) is 5.91 Å². The van der Waals surface area contributed by atoms with Gasteiger partial charge in [-0.25, -0.2) is 13.2 Å². The molecule has 0 saturated carbocycles. The lowest BCUT2D eigenvalue weighted by Crippen LogP contribution is -2.31. The normalized spacial score (nSPS) is 11.3. The number of nitrogens with one attached hydrogen (secondary N) is 3. The molecular formula is C23H20N4O5S. The van der Waals surface area contributed by atoms with E-state index in [9.17, 15) is 22.8 Å². The largest absolute Gasteiger partial charge is 0.328 e. The predicted molar refractivity (Wildman–Crippen MR) is 126 cm³/mol. The summed E-state index contributed by atoms with van der Waals surface area (Å²) in [7, 11) is -3.71. The average Bonchev–Trinajstić information content (AvgIpc) is 2.81. The molecule has 168 valence electrons. The molecule has 3 N–H and O–H groups in total. The number of hydrogen-bond donors (Lipinski definition) is 3. The molecule has 1 heterocycles. The van der Waals surface area contributed by atoms with Crippen molar-refractivity contribution in [3.05, 3.63) is 99.7 Å². The minimum absolute atomic E-state index is 0.00165. The Hall–Kier alpha value is -4.18. The van der Waals surface area contributed by atoms with Crippen molar-refractivity contribution in [1.82, 2.24) is 9.55 Å². The van der Waals surface area contributed by atoms with Crippen molar-refractivity contribution >= 4 is 38.2 Å². The highest BCUT2D eigenvalue weighted by Gasteiger charge is 2.13. The fourth-order valence-electron chi connectivity index (χ4n) is 3.34. The topological polar surface area (TPSA) is 130 Å². The van der Waals surface area contributed by atoms with Gasteiger partial charge < -0.3 is 5.32 Å². The fourth-order valence-corrected chi connectivity index (χ4v) is 4.42. The van der Waals surface area contributed by atoms with Gasteiger partial charge in [0.05, 0.1) is 15.8 Å². The molecule has 0 spiro atoms. The number of fused-ring (bicyclic) bond motifs is 1. The van der Waals surface area contributed by atoms with Gasteiger partial charge in [0.15, 0.2) is 0 Å². The number of para-hydroxylation sites is 1. The molecule has 9 nitrogen and oxygen atoms in total. The third-order valence-corrected chi connectivity index (χ3v) is 6.34. The summed E-state index contributed by atoms with van der Waals surface area (Å²) in [4.78, 5) is 38.9. The van der Waals surface area contributed by atoms with E-state index >= 15 is 0 Å². The highest BCUT2D eigenvalue weighted by molar-refractivity contribution is 7.92. The molecular weight excluding hydrogens is 444 g/mol. The Bertz CT molecular complexity index is 1530. The van der Waals surface area contributed by atoms with Crippen LogP contribution in [0, 0.1) is 0 Å². The van der Waals surface area contributed by atoms with E-state index in [1.54, 1.807) is 54.6 Å². The lowest BCUT2D eigenvalue weighted by molar-refractivity contribution is -0.116. The fraction of sp³-hybridized carbons (Fsp3) is 0.0870. The summed E-state index contributed by atoms with van der Waals surface area (Å²) < 4.78 is 28.6. The number of carbonyl (C=O) groups is 1. The molecule has 0 bridgehead atoms. The van der Waals surface area contributed by atoms with Crippen molar-refractivity contribution in [3.8, 4) is 0 Å². The molecule has 10 heteroatoms. The molecule has 1 aromatic heterocycles. The predicted octanol–water partition coefficient (Wildman–Crippen LogP) is 2.52. The Labute approximate surface area is 188 Å². The Morgan fingerprint density at radius 2 is 1.48 bits per heavy atom. The Morgan fingerprint density at radius 3 is 2.21 bits per heavy atom. The van der Waals surface area contributed by atoms with E-state index in [0.717, 1.165) is 0 Å². The van der Waals surface area contributed by atoms with Crippen LogP contribution < -0.4 is 21.3 Å². The maximum Gasteiger partial charge on any atom is 0.328 e. The zero-order valence-electron chi connectivity index (χ0n) is 17.3. The summed E-state index contributed by atoms with van der Waals surface area (Å²) in [5.41, 5.74) is 0.222. The van der Waals surface area contributed by atoms with Gasteiger partial charge in [-0.15, -0.1) is 0 Å². The lowest BCUT2D eigenvalue weighted by Gasteiger charge is -2.11. The summed E-state index contributed by atoms with van der Waals surface area (Å²) in [6.07, 6.45) is -0.00165. The molecule has 0 aliphatic carbocycles. The Kier molecular flexibility index (Phi) is 6.09. The number of carbonyl (C=O) groups excluding carboxylic acids is 1. The molecule has 4 aromatic rings. The minimum atomic E-state index is -3.71. The van der Waals surface area contributed by atoms with E-state index in [1.165, 1.54) is 28.8 Å². The first-order valence-electron chi connectivity index (χ1n) is 10.0. The van der Waals surface area contributed by atoms with E-state index < -0.39 is 21.3 Å². The van der Waals surface area contributed by atoms with E-state index in [0.29, 0.717) is 22.3 Å². The summed E-state index contributed by atoms with van der Waals surface area (Å²) in [6.45, 7) is 0.0803. The van der Waals surface area contributed by atoms with Gasteiger partial charge >= 0.3 is 5.69 Å². The Morgan fingerprint density at radius 1 is 0.848 bits per heavy atom. The first kappa shape index (κ1) is 22.0. The monoisotopic (exact) mass is 464 g/mol. The zero-order valence-corrected chi connectivity index (χ0v) is 18.1. The molecule has 0 aliphatic rings. The van der Waals surface area contributed by atoms with Crippen LogP contribution in [0.3, 0.4) is 0 Å². The molecule has 3 aromatic carbocycles. The van der Waals surface area contributed by atoms with Crippen LogP contribution in [-0.4, -0.2) is 23.9 Å². The van der Waals surface area contributed by atoms with E-state index in [2.05, 4.69) is 15.0 Å². The van der Waals surface area contributed by atoms with Gasteiger partial charge in [-0.05, 0) is 48.5 Å². The third kappa shape index (κ3) is 5.01. The van der Waals surface area contributed by atoms with Gasteiger partial charge in [0.1, 0.15) is 0 Å². The number of H-pyrrole nitrogens is 1. The molecule has 0 radical (unpaired) electrons. The first-order chi connectivity index (χ1) is 15.8. The second kappa shape index (κ2) is 9.13. The molecule has 0 unspecified atom stereocenters. The summed E-state index contributed by atoms with van der Waals surface area (Å²) in [5.74, 6) is -0.338. The smallest absolute Gasteiger partial charge is 0.326 e. The Balaban J connectivity index is 1.41. The van der Waals surface area contributed by atoms with Crippen LogP contribution in [0.2, 0.25) is 0 Å². The number of hydrogen-bond acceptors (Lipinski definition) is 5. The second-order valence-electron chi connectivity index (χ2n) is 7.22. The van der Waals surface area contributed by atoms with Crippen molar-refractivity contribution in [2.75, 3.05) is 10.0 Å². The van der Waals surface area contributed by atoms with E-state index in [1.807, 2.05) is 0 Å². The number of sulfonamides is 1. The number of nitrogens with zero attached hydrogens (tertiary/aromatic N) is 1. The number of rotatable bonds is 7. The third-order valence-electron chi connectivity index (χ3n) is 4.94. The van der Waals surface area contributed by atoms with Crippen LogP contribution >= 0.6 is 0 Å². The second-order valence-corrected chi connectivity index (χ2v) is 8.90. The SMILES string of the molecule is O=C(CCn1c(=O)[nH]c(=O)c2ccccc21)Nc1ccc(NS(=O)(=O)c2ccccc2)cc1. The van der Waals surface area contributed by atoms with Gasteiger partial charge in [0.25, 0.3) is 15.6 Å². The number of anilines is 2. The number of benzene rings is 3. The van der Waals surface area contributed by atoms with Crippen molar-refractivity contribution in [1.29, 1.82) is 0 Å². The molecule has 0 aliphatic heterocycles. The molecule has 33 heavy (non-hydrogen) atoms. The average molecular weight is 465 g/mol. The molecule has 1 amide bonds. The van der Waals surface area contributed by atoms with Crippen LogP contribution in [-0.2, 0) is 21.4 Å². The van der Waals surface area contributed by atoms with Gasteiger partial charge in [0, 0.05) is 24.3 Å². The maximum absolute atomic E-state index is 12.4. The summed E-state index contributed by atoms with van der Waals surface area (Å²) in [5, 5.41) is 3.08. The number of aryl methyl sites for hydroxylation is 1. The van der Waals surface area contributed by atoms with Crippen LogP contribution in [0.15, 0.2) is 93.3 Å². The van der Waals surface area contributed by atoms with E-state index in [-0.39, 0.29) is 23.8 Å². The number of amides is 1. The van der Waals surface area contributed by atoms with Crippen LogP contribution in [0.4, 0.5) is 11.4 Å². The number of aromatic amines is 1. The quantitative estimate of drug-likeness (QED) is 0.387. The zero-order chi connectivity index (χ0) is 23.4. The van der Waals surface area contributed by atoms with E-state index in [4.69, 9.17) is 0 Å². The van der Waals surface area contributed by atoms with Gasteiger partial charge in [-0.3, -0.25) is 23.9 Å². The van der Waals surface area contributed by atoms with Gasteiger partial charge in [-0.1, -0.05) is 30.3 Å². The van der Waals surface area contributed by atoms with Crippen molar-refractivity contribution < 1.29 is 13.2 Å². The molecule has 0 atom stereocenters. The molecule has 0 saturated heterocycles. The lowest BCUT2D eigenvalue weighted by atomic mass is 10.2. The highest BCUT2D eigenvalue weighted by Crippen LogP contribution is 2.18. The standard InChI is InChI=1S/C23H20N4O5S/c28-21(14-15-27-20-9-5-4-8-19(20)22(29)25-23(27)30)24-16-10-12-17(13-11-16)26-33(31,32)18-6-2-1-3-7-18/h1-13,26H,14-15H2,(H,24,28)(H,25,29,30). The summed E-state index contributed by atoms with van der Waals surface area (Å²) in [6, 6.07) is 20.9. The van der Waals surface area contributed by atoms with Crippen LogP contribution in [0.25, 0.3) is 10.9 Å². The van der Waals surface area contributed by atoms with Crippen molar-refractivity contribution in [2.24, 2.45) is 0 Å². The number of aromatic nitrogens is 2. The van der Waals surface area contributed by atoms with Crippen molar-refractivity contribution in [2.45, 2.75) is 17.9 Å². The molecule has 4 rings (SSSR count). The van der Waals surface area contributed by atoms with Crippen LogP contribution in [0.1, 0.15) is 6.42 Å². The van der Waals surface area contributed by atoms with Gasteiger partial charge in [-0.2, -0.15) is 0 Å².